The molecule has 3 aromatic carbocycles. The van der Waals surface area contributed by atoms with Crippen LogP contribution < -0.4 is 9.62 Å². The van der Waals surface area contributed by atoms with E-state index in [0.717, 1.165) is 9.87 Å². The Morgan fingerprint density at radius 3 is 2.18 bits per heavy atom. The largest absolute Gasteiger partial charge is 0.355 e. The molecule has 0 aliphatic carbocycles. The lowest BCUT2D eigenvalue weighted by Gasteiger charge is -2.33. The summed E-state index contributed by atoms with van der Waals surface area (Å²) in [6.07, 6.45) is 0.287. The minimum Gasteiger partial charge on any atom is -0.355 e. The van der Waals surface area contributed by atoms with Crippen molar-refractivity contribution in [3.8, 4) is 0 Å². The first-order chi connectivity index (χ1) is 18.1. The Morgan fingerprint density at radius 1 is 0.974 bits per heavy atom. The number of hydrogen-bond acceptors (Lipinski definition) is 4. The summed E-state index contributed by atoms with van der Waals surface area (Å²) in [5.41, 5.74) is 1.60. The van der Waals surface area contributed by atoms with Gasteiger partial charge in [-0.3, -0.25) is 13.9 Å². The van der Waals surface area contributed by atoms with Gasteiger partial charge in [0.05, 0.1) is 15.6 Å². The van der Waals surface area contributed by atoms with E-state index in [1.165, 1.54) is 47.4 Å². The van der Waals surface area contributed by atoms with Crippen LogP contribution in [0.5, 0.6) is 0 Å². The predicted octanol–water partition coefficient (Wildman–Crippen LogP) is 4.93. The molecule has 202 valence electrons. The van der Waals surface area contributed by atoms with E-state index in [0.29, 0.717) is 12.1 Å². The van der Waals surface area contributed by atoms with Crippen molar-refractivity contribution < 1.29 is 22.4 Å². The smallest absolute Gasteiger partial charge is 0.264 e. The van der Waals surface area contributed by atoms with Crippen LogP contribution in [0.25, 0.3) is 0 Å². The Balaban J connectivity index is 2.06. The Labute approximate surface area is 228 Å². The lowest BCUT2D eigenvalue weighted by Crippen LogP contribution is -2.52. The highest BCUT2D eigenvalue weighted by atomic mass is 35.5. The van der Waals surface area contributed by atoms with Gasteiger partial charge in [0.25, 0.3) is 10.0 Å². The van der Waals surface area contributed by atoms with Gasteiger partial charge in [-0.25, -0.2) is 12.8 Å². The fourth-order valence-electron chi connectivity index (χ4n) is 4.00. The van der Waals surface area contributed by atoms with Crippen molar-refractivity contribution in [3.05, 3.63) is 94.8 Å². The highest BCUT2D eigenvalue weighted by Gasteiger charge is 2.34. The van der Waals surface area contributed by atoms with Crippen LogP contribution >= 0.6 is 11.6 Å². The van der Waals surface area contributed by atoms with Crippen molar-refractivity contribution in [1.29, 1.82) is 0 Å². The van der Waals surface area contributed by atoms with Gasteiger partial charge in [-0.1, -0.05) is 60.5 Å². The second-order valence-corrected chi connectivity index (χ2v) is 11.0. The quantitative estimate of drug-likeness (QED) is 0.361. The minimum atomic E-state index is -4.21. The molecule has 3 aromatic rings. The Hall–Kier alpha value is -3.43. The van der Waals surface area contributed by atoms with Gasteiger partial charge in [-0.15, -0.1) is 0 Å². The molecule has 38 heavy (non-hydrogen) atoms. The highest BCUT2D eigenvalue weighted by molar-refractivity contribution is 7.92. The summed E-state index contributed by atoms with van der Waals surface area (Å²) < 4.78 is 42.1. The molecule has 0 aliphatic heterocycles. The molecule has 10 heteroatoms. The summed E-state index contributed by atoms with van der Waals surface area (Å²) in [7, 11) is -4.21. The van der Waals surface area contributed by atoms with Crippen molar-refractivity contribution in [2.45, 2.75) is 44.7 Å². The average Bonchev–Trinajstić information content (AvgIpc) is 2.89. The lowest BCUT2D eigenvalue weighted by atomic mass is 10.1. The van der Waals surface area contributed by atoms with Crippen LogP contribution in [-0.4, -0.2) is 44.3 Å². The van der Waals surface area contributed by atoms with Crippen molar-refractivity contribution in [2.75, 3.05) is 17.4 Å². The van der Waals surface area contributed by atoms with Gasteiger partial charge in [0.15, 0.2) is 0 Å². The van der Waals surface area contributed by atoms with E-state index in [1.54, 1.807) is 44.2 Å². The van der Waals surface area contributed by atoms with E-state index in [4.69, 9.17) is 11.6 Å². The molecule has 0 bridgehead atoms. The van der Waals surface area contributed by atoms with E-state index in [2.05, 4.69) is 5.32 Å². The molecular weight excluding hydrogens is 529 g/mol. The van der Waals surface area contributed by atoms with Gasteiger partial charge in [-0.05, 0) is 62.2 Å². The number of benzene rings is 3. The molecule has 0 saturated carbocycles. The zero-order chi connectivity index (χ0) is 27.9. The first-order valence-corrected chi connectivity index (χ1v) is 14.1. The molecule has 1 N–H and O–H groups in total. The van der Waals surface area contributed by atoms with Gasteiger partial charge in [-0.2, -0.15) is 0 Å². The van der Waals surface area contributed by atoms with Gasteiger partial charge >= 0.3 is 0 Å². The second kappa shape index (κ2) is 12.9. The van der Waals surface area contributed by atoms with E-state index in [9.17, 15) is 22.4 Å². The molecule has 0 heterocycles. The number of sulfonamides is 1. The lowest BCUT2D eigenvalue weighted by molar-refractivity contribution is -0.140. The van der Waals surface area contributed by atoms with Gasteiger partial charge in [0.1, 0.15) is 18.4 Å². The molecule has 2 amide bonds. The maximum Gasteiger partial charge on any atom is 0.264 e. The monoisotopic (exact) mass is 559 g/mol. The van der Waals surface area contributed by atoms with E-state index in [1.807, 2.05) is 6.92 Å². The molecule has 0 fully saturated rings. The summed E-state index contributed by atoms with van der Waals surface area (Å²) in [4.78, 5) is 28.1. The van der Waals surface area contributed by atoms with E-state index >= 15 is 0 Å². The average molecular weight is 560 g/mol. The number of carbonyl (C=O) groups is 2. The molecule has 0 saturated heterocycles. The van der Waals surface area contributed by atoms with Crippen LogP contribution in [0.2, 0.25) is 5.02 Å². The number of nitrogens with one attached hydrogen (secondary N) is 1. The molecular formula is C28H31ClFN3O4S. The Morgan fingerprint density at radius 2 is 1.61 bits per heavy atom. The zero-order valence-corrected chi connectivity index (χ0v) is 23.1. The molecule has 0 spiro atoms. The minimum absolute atomic E-state index is 0.00308. The van der Waals surface area contributed by atoms with Crippen molar-refractivity contribution >= 4 is 39.1 Å². The topological polar surface area (TPSA) is 86.8 Å². The third kappa shape index (κ3) is 6.90. The maximum absolute atomic E-state index is 13.9. The van der Waals surface area contributed by atoms with Gasteiger partial charge in [0, 0.05) is 13.1 Å². The number of anilines is 1. The third-order valence-electron chi connectivity index (χ3n) is 6.01. The van der Waals surface area contributed by atoms with Crippen molar-refractivity contribution in [3.63, 3.8) is 0 Å². The predicted molar refractivity (Wildman–Crippen MR) is 147 cm³/mol. The number of nitrogens with zero attached hydrogens (tertiary/aromatic N) is 2. The van der Waals surface area contributed by atoms with Crippen LogP contribution in [0.4, 0.5) is 10.1 Å². The molecule has 0 radical (unpaired) electrons. The molecule has 3 rings (SSSR count). The molecule has 0 aromatic heterocycles. The fourth-order valence-corrected chi connectivity index (χ4v) is 5.72. The van der Waals surface area contributed by atoms with Crippen LogP contribution in [0.1, 0.15) is 31.4 Å². The fraction of sp³-hybridized carbons (Fsp3) is 0.286. The molecule has 7 nitrogen and oxygen atoms in total. The standard InChI is InChI=1S/C28H31ClFN3O4S/c1-4-25(28(35)31-5-2)32(18-21-12-14-22(30)15-13-21)27(34)19-33(26-9-7-6-8-24(26)29)38(36,37)23-16-10-20(3)11-17-23/h6-17,25H,4-5,18-19H2,1-3H3,(H,31,35). The second-order valence-electron chi connectivity index (χ2n) is 8.74. The number of rotatable bonds is 11. The third-order valence-corrected chi connectivity index (χ3v) is 8.11. The number of carbonyl (C=O) groups excluding carboxylic acids is 2. The summed E-state index contributed by atoms with van der Waals surface area (Å²) in [6, 6.07) is 17.3. The number of hydrogen-bond donors (Lipinski definition) is 1. The molecule has 1 atom stereocenters. The number of amides is 2. The van der Waals surface area contributed by atoms with Crippen LogP contribution in [0.3, 0.4) is 0 Å². The number of aryl methyl sites for hydroxylation is 1. The van der Waals surface area contributed by atoms with E-state index in [-0.39, 0.29) is 34.5 Å². The number of para-hydroxylation sites is 1. The van der Waals surface area contributed by atoms with E-state index < -0.39 is 34.3 Å². The zero-order valence-electron chi connectivity index (χ0n) is 21.5. The molecule has 1 unspecified atom stereocenters. The van der Waals surface area contributed by atoms with Crippen LogP contribution in [0, 0.1) is 12.7 Å². The van der Waals surface area contributed by atoms with Gasteiger partial charge < -0.3 is 10.2 Å². The Bertz CT molecular complexity index is 1370. The summed E-state index contributed by atoms with van der Waals surface area (Å²) in [5.74, 6) is -1.41. The summed E-state index contributed by atoms with van der Waals surface area (Å²) >= 11 is 6.40. The number of likely N-dealkylation sites (N-methyl/N-ethyl adjacent to an activating group) is 1. The summed E-state index contributed by atoms with van der Waals surface area (Å²) in [6.45, 7) is 5.11. The maximum atomic E-state index is 13.9. The van der Waals surface area contributed by atoms with Crippen LogP contribution in [-0.2, 0) is 26.2 Å². The first-order valence-electron chi connectivity index (χ1n) is 12.2. The Kier molecular flexibility index (Phi) is 9.88. The van der Waals surface area contributed by atoms with Crippen molar-refractivity contribution in [1.82, 2.24) is 10.2 Å². The highest BCUT2D eigenvalue weighted by Crippen LogP contribution is 2.31. The van der Waals surface area contributed by atoms with Crippen molar-refractivity contribution in [2.24, 2.45) is 0 Å². The molecule has 0 aliphatic rings. The normalized spacial score (nSPS) is 12.0. The van der Waals surface area contributed by atoms with Crippen LogP contribution in [0.15, 0.2) is 77.7 Å². The number of halogens is 2. The SMILES string of the molecule is CCNC(=O)C(CC)N(Cc1ccc(F)cc1)C(=O)CN(c1ccccc1Cl)S(=O)(=O)c1ccc(C)cc1. The first kappa shape index (κ1) is 29.1. The summed E-state index contributed by atoms with van der Waals surface area (Å²) in [5, 5.41) is 2.89. The van der Waals surface area contributed by atoms with Gasteiger partial charge in [0.2, 0.25) is 11.8 Å².